The highest BCUT2D eigenvalue weighted by atomic mass is 16.5. The minimum Gasteiger partial charge on any atom is -0.493 e. The molecule has 1 atom stereocenters. The molecule has 1 aliphatic heterocycles. The molecule has 0 radical (unpaired) electrons. The Morgan fingerprint density at radius 3 is 2.63 bits per heavy atom. The molecule has 35 heavy (non-hydrogen) atoms. The van der Waals surface area contributed by atoms with Crippen molar-refractivity contribution in [2.75, 3.05) is 20.8 Å². The van der Waals surface area contributed by atoms with Gasteiger partial charge in [0.15, 0.2) is 17.3 Å². The molecule has 1 amide bonds. The fraction of sp³-hybridized carbons (Fsp3) is 0.464. The first-order valence-electron chi connectivity index (χ1n) is 12.4. The summed E-state index contributed by atoms with van der Waals surface area (Å²) in [7, 11) is 3.20. The molecular formula is C28H33NO6. The van der Waals surface area contributed by atoms with Crippen LogP contribution in [0.2, 0.25) is 0 Å². The SMILES string of the molecule is COc1ccc(CCNC(=O)c2oc3ccc4c(c3c2C)C(O)CC2(CCCCC2)O4)cc1OC. The summed E-state index contributed by atoms with van der Waals surface area (Å²) >= 11 is 0. The summed E-state index contributed by atoms with van der Waals surface area (Å²) in [6, 6.07) is 9.43. The van der Waals surface area contributed by atoms with Crippen LogP contribution in [-0.4, -0.2) is 37.4 Å². The van der Waals surface area contributed by atoms with Crippen LogP contribution >= 0.6 is 0 Å². The topological polar surface area (TPSA) is 90.2 Å². The van der Waals surface area contributed by atoms with Crippen LogP contribution in [0.4, 0.5) is 0 Å². The Bertz CT molecular complexity index is 1240. The molecular weight excluding hydrogens is 446 g/mol. The smallest absolute Gasteiger partial charge is 0.287 e. The zero-order valence-corrected chi connectivity index (χ0v) is 20.6. The maximum atomic E-state index is 13.0. The van der Waals surface area contributed by atoms with Crippen LogP contribution in [0.15, 0.2) is 34.7 Å². The predicted octanol–water partition coefficient (Wildman–Crippen LogP) is 5.25. The molecule has 1 fully saturated rings. The van der Waals surface area contributed by atoms with Gasteiger partial charge in [-0.25, -0.2) is 0 Å². The largest absolute Gasteiger partial charge is 0.493 e. The van der Waals surface area contributed by atoms with E-state index < -0.39 is 6.10 Å². The Balaban J connectivity index is 1.34. The van der Waals surface area contributed by atoms with Crippen molar-refractivity contribution >= 4 is 16.9 Å². The number of amides is 1. The van der Waals surface area contributed by atoms with E-state index in [1.807, 2.05) is 37.3 Å². The highest BCUT2D eigenvalue weighted by molar-refractivity contribution is 6.00. The van der Waals surface area contributed by atoms with Crippen LogP contribution in [0.3, 0.4) is 0 Å². The van der Waals surface area contributed by atoms with Crippen molar-refractivity contribution in [3.05, 3.63) is 52.8 Å². The third-order valence-electron chi connectivity index (χ3n) is 7.44. The molecule has 1 unspecified atom stereocenters. The Kier molecular flexibility index (Phi) is 6.36. The van der Waals surface area contributed by atoms with Crippen LogP contribution in [0, 0.1) is 6.92 Å². The van der Waals surface area contributed by atoms with Gasteiger partial charge in [0.2, 0.25) is 0 Å². The molecule has 1 aliphatic carbocycles. The molecule has 186 valence electrons. The molecule has 1 saturated carbocycles. The van der Waals surface area contributed by atoms with Crippen molar-refractivity contribution in [3.8, 4) is 17.2 Å². The van der Waals surface area contributed by atoms with Gasteiger partial charge >= 0.3 is 0 Å². The normalized spacial score (nSPS) is 18.7. The van der Waals surface area contributed by atoms with Crippen LogP contribution in [0.5, 0.6) is 17.2 Å². The lowest BCUT2D eigenvalue weighted by Crippen LogP contribution is -2.42. The second kappa shape index (κ2) is 9.46. The highest BCUT2D eigenvalue weighted by Crippen LogP contribution is 2.49. The van der Waals surface area contributed by atoms with E-state index in [1.54, 1.807) is 14.2 Å². The lowest BCUT2D eigenvalue weighted by Gasteiger charge is -2.43. The van der Waals surface area contributed by atoms with E-state index in [0.29, 0.717) is 42.2 Å². The summed E-state index contributed by atoms with van der Waals surface area (Å²) in [5.74, 6) is 2.03. The molecule has 2 aliphatic rings. The Morgan fingerprint density at radius 1 is 1.11 bits per heavy atom. The third kappa shape index (κ3) is 4.33. The lowest BCUT2D eigenvalue weighted by atomic mass is 9.77. The molecule has 7 heteroatoms. The van der Waals surface area contributed by atoms with Crippen LogP contribution in [-0.2, 0) is 6.42 Å². The van der Waals surface area contributed by atoms with Gasteiger partial charge in [0.1, 0.15) is 16.9 Å². The number of hydrogen-bond donors (Lipinski definition) is 2. The van der Waals surface area contributed by atoms with Gasteiger partial charge in [-0.15, -0.1) is 0 Å². The molecule has 1 aromatic heterocycles. The van der Waals surface area contributed by atoms with E-state index in [2.05, 4.69) is 5.32 Å². The number of carbonyl (C=O) groups is 1. The van der Waals surface area contributed by atoms with Gasteiger partial charge in [0.25, 0.3) is 5.91 Å². The summed E-state index contributed by atoms with van der Waals surface area (Å²) in [6.45, 7) is 2.31. The van der Waals surface area contributed by atoms with Gasteiger partial charge in [-0.2, -0.15) is 0 Å². The van der Waals surface area contributed by atoms with Crippen LogP contribution in [0.25, 0.3) is 11.0 Å². The van der Waals surface area contributed by atoms with Crippen molar-refractivity contribution in [3.63, 3.8) is 0 Å². The van der Waals surface area contributed by atoms with Crippen LogP contribution < -0.4 is 19.5 Å². The lowest BCUT2D eigenvalue weighted by molar-refractivity contribution is -0.0373. The van der Waals surface area contributed by atoms with Crippen molar-refractivity contribution in [1.29, 1.82) is 0 Å². The molecule has 1 spiro atoms. The molecule has 2 heterocycles. The number of furan rings is 1. The highest BCUT2D eigenvalue weighted by Gasteiger charge is 2.42. The average molecular weight is 480 g/mol. The van der Waals surface area contributed by atoms with Gasteiger partial charge in [-0.1, -0.05) is 12.5 Å². The summed E-state index contributed by atoms with van der Waals surface area (Å²) < 4.78 is 23.1. The monoisotopic (exact) mass is 479 g/mol. The second-order valence-corrected chi connectivity index (χ2v) is 9.67. The summed E-state index contributed by atoms with van der Waals surface area (Å²) in [5, 5.41) is 14.9. The summed E-state index contributed by atoms with van der Waals surface area (Å²) in [4.78, 5) is 13.0. The number of methoxy groups -OCH3 is 2. The minimum atomic E-state index is -0.641. The van der Waals surface area contributed by atoms with Crippen molar-refractivity contribution < 1.29 is 28.5 Å². The maximum absolute atomic E-state index is 13.0. The molecule has 2 aromatic carbocycles. The van der Waals surface area contributed by atoms with Gasteiger partial charge in [-0.3, -0.25) is 4.79 Å². The Labute approximate surface area is 205 Å². The molecule has 2 N–H and O–H groups in total. The third-order valence-corrected chi connectivity index (χ3v) is 7.44. The van der Waals surface area contributed by atoms with Gasteiger partial charge < -0.3 is 29.1 Å². The number of aliphatic hydroxyl groups is 1. The fourth-order valence-electron chi connectivity index (χ4n) is 5.66. The molecule has 0 saturated heterocycles. The van der Waals surface area contributed by atoms with E-state index in [0.717, 1.165) is 47.8 Å². The summed E-state index contributed by atoms with van der Waals surface area (Å²) in [6.07, 6.45) is 5.99. The molecule has 5 rings (SSSR count). The zero-order chi connectivity index (χ0) is 24.6. The minimum absolute atomic E-state index is 0.269. The Morgan fingerprint density at radius 2 is 1.89 bits per heavy atom. The maximum Gasteiger partial charge on any atom is 0.287 e. The first kappa shape index (κ1) is 23.5. The first-order chi connectivity index (χ1) is 16.9. The number of aryl methyl sites for hydroxylation is 1. The zero-order valence-electron chi connectivity index (χ0n) is 20.6. The van der Waals surface area contributed by atoms with Gasteiger partial charge in [-0.05, 0) is 68.9 Å². The standard InChI is InChI=1S/C28H33NO6/c1-17-24-21(9-10-22-25(24)19(30)16-28(35-22)12-5-4-6-13-28)34-26(17)27(31)29-14-11-18-7-8-20(32-2)23(15-18)33-3/h7-10,15,19,30H,4-6,11-14,16H2,1-3H3,(H,29,31). The van der Waals surface area contributed by atoms with E-state index in [-0.39, 0.29) is 17.3 Å². The fourth-order valence-corrected chi connectivity index (χ4v) is 5.66. The van der Waals surface area contributed by atoms with E-state index in [1.165, 1.54) is 6.42 Å². The molecule has 0 bridgehead atoms. The Hall–Kier alpha value is -3.19. The summed E-state index contributed by atoms with van der Waals surface area (Å²) in [5.41, 5.74) is 2.80. The van der Waals surface area contributed by atoms with E-state index in [4.69, 9.17) is 18.6 Å². The number of carbonyl (C=O) groups excluding carboxylic acids is 1. The van der Waals surface area contributed by atoms with Crippen molar-refractivity contribution in [1.82, 2.24) is 5.32 Å². The molecule has 7 nitrogen and oxygen atoms in total. The first-order valence-corrected chi connectivity index (χ1v) is 12.4. The predicted molar refractivity (Wildman–Crippen MR) is 133 cm³/mol. The molecule has 3 aromatic rings. The number of hydrogen-bond acceptors (Lipinski definition) is 6. The average Bonchev–Trinajstić information content (AvgIpc) is 3.20. The number of ether oxygens (including phenoxy) is 3. The quantitative estimate of drug-likeness (QED) is 0.502. The van der Waals surface area contributed by atoms with E-state index >= 15 is 0 Å². The second-order valence-electron chi connectivity index (χ2n) is 9.67. The van der Waals surface area contributed by atoms with E-state index in [9.17, 15) is 9.90 Å². The number of benzene rings is 2. The van der Waals surface area contributed by atoms with Crippen molar-refractivity contribution in [2.45, 2.75) is 63.6 Å². The van der Waals surface area contributed by atoms with Gasteiger partial charge in [0, 0.05) is 29.5 Å². The number of fused-ring (bicyclic) bond motifs is 3. The van der Waals surface area contributed by atoms with Crippen LogP contribution in [0.1, 0.15) is 71.9 Å². The van der Waals surface area contributed by atoms with Crippen molar-refractivity contribution in [2.24, 2.45) is 0 Å². The number of nitrogens with one attached hydrogen (secondary N) is 1. The number of aliphatic hydroxyl groups excluding tert-OH is 1. The van der Waals surface area contributed by atoms with Gasteiger partial charge in [0.05, 0.1) is 20.3 Å². The number of rotatable bonds is 6.